The van der Waals surface area contributed by atoms with E-state index < -0.39 is 0 Å². The standard InChI is InChI=1S/C26H36N2O3/c1-26(2,3)31-25(20-21-8-6-5-7-9-21)28-18-16-27(17-19-28)15-14-24(29)22-10-12-23(30-4)13-11-22/h5-13,25H,14-20H2,1-4H3. The Kier molecular flexibility index (Phi) is 8.24. The summed E-state index contributed by atoms with van der Waals surface area (Å²) in [7, 11) is 1.63. The van der Waals surface area contributed by atoms with E-state index in [0.717, 1.165) is 50.5 Å². The summed E-state index contributed by atoms with van der Waals surface area (Å²) in [5.74, 6) is 0.957. The Morgan fingerprint density at radius 1 is 0.968 bits per heavy atom. The van der Waals surface area contributed by atoms with E-state index in [4.69, 9.17) is 9.47 Å². The van der Waals surface area contributed by atoms with E-state index in [9.17, 15) is 4.79 Å². The minimum atomic E-state index is -0.193. The van der Waals surface area contributed by atoms with Gasteiger partial charge in [-0.3, -0.25) is 9.69 Å². The molecule has 1 aliphatic heterocycles. The summed E-state index contributed by atoms with van der Waals surface area (Å²) >= 11 is 0. The number of piperazine rings is 1. The minimum absolute atomic E-state index is 0.0606. The quantitative estimate of drug-likeness (QED) is 0.563. The number of hydrogen-bond acceptors (Lipinski definition) is 5. The highest BCUT2D eigenvalue weighted by molar-refractivity contribution is 5.96. The second kappa shape index (κ2) is 10.9. The second-order valence-electron chi connectivity index (χ2n) is 9.15. The Labute approximate surface area is 187 Å². The molecule has 0 amide bonds. The Morgan fingerprint density at radius 2 is 1.61 bits per heavy atom. The molecule has 1 saturated heterocycles. The molecular weight excluding hydrogens is 388 g/mol. The molecule has 0 aliphatic carbocycles. The Balaban J connectivity index is 1.50. The van der Waals surface area contributed by atoms with Gasteiger partial charge in [0.05, 0.1) is 12.7 Å². The van der Waals surface area contributed by atoms with Crippen molar-refractivity contribution in [3.8, 4) is 5.75 Å². The first kappa shape index (κ1) is 23.5. The highest BCUT2D eigenvalue weighted by Gasteiger charge is 2.28. The molecule has 0 N–H and O–H groups in total. The molecule has 0 radical (unpaired) electrons. The van der Waals surface area contributed by atoms with Crippen LogP contribution in [0.3, 0.4) is 0 Å². The Bertz CT molecular complexity index is 807. The van der Waals surface area contributed by atoms with Crippen molar-refractivity contribution in [2.24, 2.45) is 0 Å². The largest absolute Gasteiger partial charge is 0.497 e. The highest BCUT2D eigenvalue weighted by Crippen LogP contribution is 2.20. The molecule has 1 fully saturated rings. The van der Waals surface area contributed by atoms with Crippen LogP contribution in [-0.2, 0) is 11.2 Å². The first-order valence-electron chi connectivity index (χ1n) is 11.2. The predicted molar refractivity (Wildman–Crippen MR) is 125 cm³/mol. The van der Waals surface area contributed by atoms with Gasteiger partial charge in [-0.2, -0.15) is 0 Å². The third-order valence-corrected chi connectivity index (χ3v) is 5.62. The van der Waals surface area contributed by atoms with Crippen molar-refractivity contribution in [3.63, 3.8) is 0 Å². The van der Waals surface area contributed by atoms with Gasteiger partial charge in [0.15, 0.2) is 5.78 Å². The predicted octanol–water partition coefficient (Wildman–Crippen LogP) is 4.27. The van der Waals surface area contributed by atoms with Crippen LogP contribution in [0, 0.1) is 0 Å². The minimum Gasteiger partial charge on any atom is -0.497 e. The summed E-state index contributed by atoms with van der Waals surface area (Å²) in [6, 6.07) is 17.9. The van der Waals surface area contributed by atoms with Crippen LogP contribution in [-0.4, -0.2) is 67.2 Å². The molecule has 3 rings (SSSR count). The Morgan fingerprint density at radius 3 is 2.19 bits per heavy atom. The van der Waals surface area contributed by atoms with Gasteiger partial charge in [-0.15, -0.1) is 0 Å². The van der Waals surface area contributed by atoms with E-state index in [1.165, 1.54) is 5.56 Å². The van der Waals surface area contributed by atoms with E-state index in [1.54, 1.807) is 7.11 Å². The number of ketones is 1. The number of ether oxygens (including phenoxy) is 2. The van der Waals surface area contributed by atoms with Crippen LogP contribution in [0.5, 0.6) is 5.75 Å². The van der Waals surface area contributed by atoms with Crippen LogP contribution < -0.4 is 4.74 Å². The van der Waals surface area contributed by atoms with Gasteiger partial charge >= 0.3 is 0 Å². The topological polar surface area (TPSA) is 42.0 Å². The van der Waals surface area contributed by atoms with Crippen molar-refractivity contribution >= 4 is 5.78 Å². The van der Waals surface area contributed by atoms with E-state index in [2.05, 4.69) is 60.9 Å². The van der Waals surface area contributed by atoms with Crippen molar-refractivity contribution in [2.75, 3.05) is 39.8 Å². The van der Waals surface area contributed by atoms with E-state index in [1.807, 2.05) is 24.3 Å². The molecule has 168 valence electrons. The van der Waals surface area contributed by atoms with Crippen LogP contribution in [0.4, 0.5) is 0 Å². The molecule has 2 aromatic rings. The van der Waals surface area contributed by atoms with Crippen LogP contribution in [0.2, 0.25) is 0 Å². The number of methoxy groups -OCH3 is 1. The van der Waals surface area contributed by atoms with Gasteiger partial charge in [0.1, 0.15) is 12.0 Å². The van der Waals surface area contributed by atoms with Gasteiger partial charge in [0.2, 0.25) is 0 Å². The van der Waals surface area contributed by atoms with Crippen molar-refractivity contribution in [3.05, 3.63) is 65.7 Å². The maximum atomic E-state index is 12.5. The Hall–Kier alpha value is -2.21. The molecule has 0 bridgehead atoms. The zero-order valence-electron chi connectivity index (χ0n) is 19.3. The lowest BCUT2D eigenvalue weighted by molar-refractivity contribution is -0.140. The summed E-state index contributed by atoms with van der Waals surface area (Å²) in [5.41, 5.74) is 1.85. The van der Waals surface area contributed by atoms with Crippen LogP contribution in [0.25, 0.3) is 0 Å². The van der Waals surface area contributed by atoms with Gasteiger partial charge in [-0.25, -0.2) is 0 Å². The molecule has 1 atom stereocenters. The fourth-order valence-electron chi connectivity index (χ4n) is 3.92. The van der Waals surface area contributed by atoms with Crippen LogP contribution in [0.15, 0.2) is 54.6 Å². The number of Topliss-reactive ketones (excluding diaryl/α,β-unsaturated/α-hetero) is 1. The SMILES string of the molecule is COc1ccc(C(=O)CCN2CCN(C(Cc3ccccc3)OC(C)(C)C)CC2)cc1. The molecule has 1 heterocycles. The molecular formula is C26H36N2O3. The van der Waals surface area contributed by atoms with Crippen molar-refractivity contribution < 1.29 is 14.3 Å². The fourth-order valence-corrected chi connectivity index (χ4v) is 3.92. The molecule has 31 heavy (non-hydrogen) atoms. The zero-order valence-corrected chi connectivity index (χ0v) is 19.3. The van der Waals surface area contributed by atoms with Crippen molar-refractivity contribution in [1.29, 1.82) is 0 Å². The monoisotopic (exact) mass is 424 g/mol. The van der Waals surface area contributed by atoms with Gasteiger partial charge in [0.25, 0.3) is 0 Å². The molecule has 1 aliphatic rings. The molecule has 2 aromatic carbocycles. The lowest BCUT2D eigenvalue weighted by Crippen LogP contribution is -2.53. The molecule has 0 saturated carbocycles. The first-order chi connectivity index (χ1) is 14.8. The van der Waals surface area contributed by atoms with Crippen molar-refractivity contribution in [1.82, 2.24) is 9.80 Å². The number of carbonyl (C=O) groups excluding carboxylic acids is 1. The van der Waals surface area contributed by atoms with Crippen LogP contribution >= 0.6 is 0 Å². The lowest BCUT2D eigenvalue weighted by Gasteiger charge is -2.41. The number of nitrogens with zero attached hydrogens (tertiary/aromatic N) is 2. The molecule has 0 spiro atoms. The number of carbonyl (C=O) groups is 1. The number of rotatable bonds is 9. The van der Waals surface area contributed by atoms with E-state index in [-0.39, 0.29) is 17.6 Å². The van der Waals surface area contributed by atoms with E-state index >= 15 is 0 Å². The third kappa shape index (κ3) is 7.46. The number of hydrogen-bond donors (Lipinski definition) is 0. The molecule has 5 nitrogen and oxygen atoms in total. The summed E-state index contributed by atoms with van der Waals surface area (Å²) in [6.07, 6.45) is 1.48. The smallest absolute Gasteiger partial charge is 0.164 e. The highest BCUT2D eigenvalue weighted by atomic mass is 16.5. The number of benzene rings is 2. The summed E-state index contributed by atoms with van der Waals surface area (Å²) in [5, 5.41) is 0. The van der Waals surface area contributed by atoms with Crippen molar-refractivity contribution in [2.45, 2.75) is 45.4 Å². The molecule has 5 heteroatoms. The van der Waals surface area contributed by atoms with Gasteiger partial charge in [-0.1, -0.05) is 30.3 Å². The van der Waals surface area contributed by atoms with Gasteiger partial charge in [0, 0.05) is 51.1 Å². The lowest BCUT2D eigenvalue weighted by atomic mass is 10.1. The summed E-state index contributed by atoms with van der Waals surface area (Å²) in [4.78, 5) is 17.3. The summed E-state index contributed by atoms with van der Waals surface area (Å²) < 4.78 is 11.6. The normalized spacial score (nSPS) is 16.8. The fraction of sp³-hybridized carbons (Fsp3) is 0.500. The average molecular weight is 425 g/mol. The first-order valence-corrected chi connectivity index (χ1v) is 11.2. The second-order valence-corrected chi connectivity index (χ2v) is 9.15. The maximum absolute atomic E-state index is 12.5. The van der Waals surface area contributed by atoms with Gasteiger partial charge < -0.3 is 14.4 Å². The maximum Gasteiger partial charge on any atom is 0.164 e. The zero-order chi connectivity index (χ0) is 22.3. The van der Waals surface area contributed by atoms with Gasteiger partial charge in [-0.05, 0) is 50.6 Å². The van der Waals surface area contributed by atoms with Crippen LogP contribution in [0.1, 0.15) is 43.1 Å². The summed E-state index contributed by atoms with van der Waals surface area (Å²) in [6.45, 7) is 10.9. The molecule has 0 aromatic heterocycles. The third-order valence-electron chi connectivity index (χ3n) is 5.62. The van der Waals surface area contributed by atoms with E-state index in [0.29, 0.717) is 6.42 Å². The molecule has 1 unspecified atom stereocenters. The average Bonchev–Trinajstić information content (AvgIpc) is 2.77.